The summed E-state index contributed by atoms with van der Waals surface area (Å²) in [4.78, 5) is 12.9. The van der Waals surface area contributed by atoms with Crippen LogP contribution < -0.4 is 15.0 Å². The van der Waals surface area contributed by atoms with E-state index < -0.39 is 0 Å². The number of hydrogen-bond donors (Lipinski definition) is 0. The highest BCUT2D eigenvalue weighted by molar-refractivity contribution is 5.88. The Morgan fingerprint density at radius 2 is 1.62 bits per heavy atom. The van der Waals surface area contributed by atoms with Gasteiger partial charge in [0.1, 0.15) is 11.5 Å². The van der Waals surface area contributed by atoms with Crippen LogP contribution in [0.5, 0.6) is 11.5 Å². The standard InChI is InChI=1S/C22H33NO3/c1-6-8-12-25-17-10-11-18-19(14-17)20(26-13-9-7-2)15-23(21(18)24)16-22(3,4)5/h10-11,14-15H,6-9,12-13,16H2,1-5H3. The lowest BCUT2D eigenvalue weighted by molar-refractivity contribution is 0.300. The first-order chi connectivity index (χ1) is 12.4. The fourth-order valence-electron chi connectivity index (χ4n) is 2.83. The molecule has 0 aliphatic carbocycles. The minimum Gasteiger partial charge on any atom is -0.494 e. The summed E-state index contributed by atoms with van der Waals surface area (Å²) in [5.41, 5.74) is 0.0411. The van der Waals surface area contributed by atoms with E-state index in [0.717, 1.165) is 42.6 Å². The molecule has 26 heavy (non-hydrogen) atoms. The number of aromatic nitrogens is 1. The topological polar surface area (TPSA) is 40.5 Å². The molecule has 1 heterocycles. The van der Waals surface area contributed by atoms with Crippen molar-refractivity contribution in [1.29, 1.82) is 0 Å². The zero-order valence-corrected chi connectivity index (χ0v) is 16.9. The van der Waals surface area contributed by atoms with Crippen LogP contribution in [0.3, 0.4) is 0 Å². The normalized spacial score (nSPS) is 11.7. The van der Waals surface area contributed by atoms with E-state index in [4.69, 9.17) is 9.47 Å². The Balaban J connectivity index is 2.46. The van der Waals surface area contributed by atoms with Crippen LogP contribution in [0.1, 0.15) is 60.3 Å². The predicted octanol–water partition coefficient (Wildman–Crippen LogP) is 5.41. The van der Waals surface area contributed by atoms with Crippen molar-refractivity contribution < 1.29 is 9.47 Å². The summed E-state index contributed by atoms with van der Waals surface area (Å²) < 4.78 is 13.6. The van der Waals surface area contributed by atoms with Gasteiger partial charge >= 0.3 is 0 Å². The maximum Gasteiger partial charge on any atom is 0.258 e. The van der Waals surface area contributed by atoms with Gasteiger partial charge in [-0.3, -0.25) is 4.79 Å². The van der Waals surface area contributed by atoms with Crippen LogP contribution >= 0.6 is 0 Å². The summed E-state index contributed by atoms with van der Waals surface area (Å²) in [6.45, 7) is 12.7. The molecule has 144 valence electrons. The highest BCUT2D eigenvalue weighted by Gasteiger charge is 2.16. The van der Waals surface area contributed by atoms with Gasteiger partial charge in [-0.15, -0.1) is 0 Å². The Morgan fingerprint density at radius 3 is 2.23 bits per heavy atom. The third-order valence-corrected chi connectivity index (χ3v) is 4.19. The number of benzene rings is 1. The molecule has 0 aliphatic rings. The van der Waals surface area contributed by atoms with Gasteiger partial charge in [-0.05, 0) is 36.5 Å². The van der Waals surface area contributed by atoms with Crippen molar-refractivity contribution in [3.63, 3.8) is 0 Å². The zero-order valence-electron chi connectivity index (χ0n) is 16.9. The van der Waals surface area contributed by atoms with Crippen LogP contribution in [0, 0.1) is 5.41 Å². The van der Waals surface area contributed by atoms with E-state index in [9.17, 15) is 4.79 Å². The molecular formula is C22H33NO3. The summed E-state index contributed by atoms with van der Waals surface area (Å²) >= 11 is 0. The summed E-state index contributed by atoms with van der Waals surface area (Å²) in [5.74, 6) is 1.55. The molecule has 0 saturated carbocycles. The molecule has 0 N–H and O–H groups in total. The van der Waals surface area contributed by atoms with Crippen LogP contribution in [-0.2, 0) is 6.54 Å². The maximum atomic E-state index is 12.9. The van der Waals surface area contributed by atoms with Crippen LogP contribution in [0.15, 0.2) is 29.2 Å². The van der Waals surface area contributed by atoms with Crippen molar-refractivity contribution in [3.8, 4) is 11.5 Å². The lowest BCUT2D eigenvalue weighted by Crippen LogP contribution is -2.26. The Bertz CT molecular complexity index is 771. The fraction of sp³-hybridized carbons (Fsp3) is 0.591. The smallest absolute Gasteiger partial charge is 0.258 e. The Labute approximate surface area is 157 Å². The average Bonchev–Trinajstić information content (AvgIpc) is 2.58. The van der Waals surface area contributed by atoms with E-state index in [0.29, 0.717) is 25.1 Å². The molecule has 0 atom stereocenters. The van der Waals surface area contributed by atoms with Crippen LogP contribution in [0.2, 0.25) is 0 Å². The number of ether oxygens (including phenoxy) is 2. The molecule has 0 unspecified atom stereocenters. The van der Waals surface area contributed by atoms with E-state index in [2.05, 4.69) is 34.6 Å². The molecular weight excluding hydrogens is 326 g/mol. The van der Waals surface area contributed by atoms with E-state index >= 15 is 0 Å². The highest BCUT2D eigenvalue weighted by atomic mass is 16.5. The van der Waals surface area contributed by atoms with E-state index in [1.807, 2.05) is 24.4 Å². The van der Waals surface area contributed by atoms with Gasteiger partial charge in [-0.25, -0.2) is 0 Å². The van der Waals surface area contributed by atoms with Crippen molar-refractivity contribution in [3.05, 3.63) is 34.7 Å². The highest BCUT2D eigenvalue weighted by Crippen LogP contribution is 2.28. The maximum absolute atomic E-state index is 12.9. The number of pyridine rings is 1. The lowest BCUT2D eigenvalue weighted by Gasteiger charge is -2.21. The first kappa shape index (κ1) is 20.3. The van der Waals surface area contributed by atoms with Crippen molar-refractivity contribution >= 4 is 10.8 Å². The summed E-state index contributed by atoms with van der Waals surface area (Å²) in [7, 11) is 0. The molecule has 1 aromatic carbocycles. The fourth-order valence-corrected chi connectivity index (χ4v) is 2.83. The zero-order chi connectivity index (χ0) is 19.2. The van der Waals surface area contributed by atoms with Crippen LogP contribution in [-0.4, -0.2) is 17.8 Å². The van der Waals surface area contributed by atoms with Crippen LogP contribution in [0.25, 0.3) is 10.8 Å². The molecule has 0 radical (unpaired) electrons. The third kappa shape index (κ3) is 5.52. The molecule has 4 heteroatoms. The number of unbranched alkanes of at least 4 members (excludes halogenated alkanes) is 2. The van der Waals surface area contributed by atoms with E-state index in [-0.39, 0.29) is 11.0 Å². The molecule has 0 bridgehead atoms. The lowest BCUT2D eigenvalue weighted by atomic mass is 9.96. The van der Waals surface area contributed by atoms with Gasteiger partial charge in [0, 0.05) is 18.1 Å². The van der Waals surface area contributed by atoms with Gasteiger partial charge < -0.3 is 14.0 Å². The van der Waals surface area contributed by atoms with Crippen molar-refractivity contribution in [2.75, 3.05) is 13.2 Å². The molecule has 0 saturated heterocycles. The Kier molecular flexibility index (Phi) is 7.13. The van der Waals surface area contributed by atoms with Crippen molar-refractivity contribution in [2.24, 2.45) is 5.41 Å². The van der Waals surface area contributed by atoms with E-state index in [1.165, 1.54) is 0 Å². The molecule has 4 nitrogen and oxygen atoms in total. The molecule has 0 spiro atoms. The van der Waals surface area contributed by atoms with Gasteiger partial charge in [0.05, 0.1) is 18.6 Å². The minimum absolute atomic E-state index is 0.0153. The number of hydrogen-bond acceptors (Lipinski definition) is 3. The number of fused-ring (bicyclic) bond motifs is 1. The second kappa shape index (κ2) is 9.11. The minimum atomic E-state index is 0.0153. The first-order valence-electron chi connectivity index (χ1n) is 9.78. The third-order valence-electron chi connectivity index (χ3n) is 4.19. The Morgan fingerprint density at radius 1 is 0.962 bits per heavy atom. The Hall–Kier alpha value is -1.97. The molecule has 2 rings (SSSR count). The summed E-state index contributed by atoms with van der Waals surface area (Å²) in [5, 5.41) is 1.52. The van der Waals surface area contributed by atoms with Gasteiger partial charge in [0.25, 0.3) is 5.56 Å². The quantitative estimate of drug-likeness (QED) is 0.562. The number of nitrogens with zero attached hydrogens (tertiary/aromatic N) is 1. The average molecular weight is 360 g/mol. The SMILES string of the molecule is CCCCOc1ccc2c(=O)n(CC(C)(C)C)cc(OCCCC)c2c1. The van der Waals surface area contributed by atoms with E-state index in [1.54, 1.807) is 4.57 Å². The second-order valence-electron chi connectivity index (χ2n) is 8.10. The predicted molar refractivity (Wildman–Crippen MR) is 108 cm³/mol. The van der Waals surface area contributed by atoms with Crippen LogP contribution in [0.4, 0.5) is 0 Å². The van der Waals surface area contributed by atoms with Gasteiger partial charge in [-0.1, -0.05) is 47.5 Å². The summed E-state index contributed by atoms with van der Waals surface area (Å²) in [6.07, 6.45) is 6.04. The molecule has 0 aliphatic heterocycles. The van der Waals surface area contributed by atoms with Gasteiger partial charge in [-0.2, -0.15) is 0 Å². The summed E-state index contributed by atoms with van der Waals surface area (Å²) in [6, 6.07) is 5.69. The second-order valence-corrected chi connectivity index (χ2v) is 8.10. The molecule has 2 aromatic rings. The van der Waals surface area contributed by atoms with Gasteiger partial charge in [0.2, 0.25) is 0 Å². The van der Waals surface area contributed by atoms with Crippen molar-refractivity contribution in [1.82, 2.24) is 4.57 Å². The number of rotatable bonds is 9. The van der Waals surface area contributed by atoms with Gasteiger partial charge in [0.15, 0.2) is 0 Å². The molecule has 0 amide bonds. The molecule has 0 fully saturated rings. The molecule has 1 aromatic heterocycles. The first-order valence-corrected chi connectivity index (χ1v) is 9.78. The largest absolute Gasteiger partial charge is 0.494 e. The van der Waals surface area contributed by atoms with Crippen molar-refractivity contribution in [2.45, 2.75) is 66.8 Å². The monoisotopic (exact) mass is 359 g/mol.